The largest absolute Gasteiger partial charge is 0.143 e. The minimum Gasteiger partial charge on any atom is -0.143 e. The Bertz CT molecular complexity index is 635. The van der Waals surface area contributed by atoms with Gasteiger partial charge in [-0.2, -0.15) is 0 Å². The molecule has 3 aromatic heterocycles. The van der Waals surface area contributed by atoms with Gasteiger partial charge in [0.2, 0.25) is 0 Å². The first kappa shape index (κ1) is 12.1. The summed E-state index contributed by atoms with van der Waals surface area (Å²) in [4.78, 5) is 3.99. The molecule has 86 valence electrons. The van der Waals surface area contributed by atoms with Gasteiger partial charge in [-0.05, 0) is 61.5 Å². The number of halogens is 2. The van der Waals surface area contributed by atoms with Crippen molar-refractivity contribution in [2.45, 2.75) is 0 Å². The van der Waals surface area contributed by atoms with Gasteiger partial charge < -0.3 is 0 Å². The molecule has 0 aliphatic carbocycles. The average molecular weight is 406 g/mol. The summed E-state index contributed by atoms with van der Waals surface area (Å²) in [6.07, 6.45) is 0. The van der Waals surface area contributed by atoms with Gasteiger partial charge >= 0.3 is 0 Å². The van der Waals surface area contributed by atoms with Crippen LogP contribution in [0.15, 0.2) is 43.3 Å². The van der Waals surface area contributed by atoms with Crippen LogP contribution in [0.5, 0.6) is 0 Å². The van der Waals surface area contributed by atoms with Crippen molar-refractivity contribution in [3.8, 4) is 20.2 Å². The lowest BCUT2D eigenvalue weighted by Crippen LogP contribution is -1.69. The Hall–Kier alpha value is 0.0600. The maximum Gasteiger partial charge on any atom is 0.0712 e. The summed E-state index contributed by atoms with van der Waals surface area (Å²) in [6.45, 7) is 0. The van der Waals surface area contributed by atoms with Gasteiger partial charge in [-0.3, -0.25) is 0 Å². The highest BCUT2D eigenvalue weighted by Gasteiger charge is 2.14. The molecule has 0 unspecified atom stereocenters. The Kier molecular flexibility index (Phi) is 3.54. The van der Waals surface area contributed by atoms with E-state index in [0.29, 0.717) is 0 Å². The van der Waals surface area contributed by atoms with Gasteiger partial charge in [-0.15, -0.1) is 34.0 Å². The van der Waals surface area contributed by atoms with Crippen LogP contribution in [0.3, 0.4) is 0 Å². The van der Waals surface area contributed by atoms with Crippen LogP contribution in [0, 0.1) is 0 Å². The molecule has 3 rings (SSSR count). The maximum absolute atomic E-state index is 3.59. The zero-order valence-corrected chi connectivity index (χ0v) is 14.1. The van der Waals surface area contributed by atoms with Gasteiger partial charge in [0.05, 0.1) is 12.4 Å². The van der Waals surface area contributed by atoms with Crippen molar-refractivity contribution < 1.29 is 0 Å². The van der Waals surface area contributed by atoms with Crippen molar-refractivity contribution in [1.82, 2.24) is 0 Å². The quantitative estimate of drug-likeness (QED) is 0.443. The lowest BCUT2D eigenvalue weighted by molar-refractivity contribution is 1.84. The molecule has 0 atom stereocenters. The summed E-state index contributed by atoms with van der Waals surface area (Å²) in [5, 5.41) is 2.12. The van der Waals surface area contributed by atoms with Crippen molar-refractivity contribution in [3.05, 3.63) is 43.3 Å². The number of hydrogen-bond donors (Lipinski definition) is 0. The zero-order valence-electron chi connectivity index (χ0n) is 8.44. The van der Waals surface area contributed by atoms with Crippen LogP contribution in [0.4, 0.5) is 0 Å². The van der Waals surface area contributed by atoms with E-state index in [1.165, 1.54) is 27.8 Å². The highest BCUT2D eigenvalue weighted by Crippen LogP contribution is 2.45. The van der Waals surface area contributed by atoms with Gasteiger partial charge in [-0.1, -0.05) is 6.07 Å². The average Bonchev–Trinajstić information content (AvgIpc) is 2.96. The first-order valence-electron chi connectivity index (χ1n) is 4.83. The molecule has 0 aromatic carbocycles. The minimum absolute atomic E-state index is 1.17. The molecule has 0 radical (unpaired) electrons. The molecule has 0 aliphatic heterocycles. The fourth-order valence-corrected chi connectivity index (χ4v) is 5.55. The van der Waals surface area contributed by atoms with Crippen LogP contribution in [0.25, 0.3) is 20.2 Å². The molecule has 0 aliphatic rings. The first-order chi connectivity index (χ1) is 8.24. The summed E-state index contributed by atoms with van der Waals surface area (Å²) in [7, 11) is 0. The summed E-state index contributed by atoms with van der Waals surface area (Å²) in [6, 6.07) is 10.7. The maximum atomic E-state index is 3.59. The Morgan fingerprint density at radius 1 is 0.882 bits per heavy atom. The smallest absolute Gasteiger partial charge is 0.0712 e. The molecule has 0 N–H and O–H groups in total. The van der Waals surface area contributed by atoms with E-state index in [0.717, 1.165) is 0 Å². The van der Waals surface area contributed by atoms with Crippen molar-refractivity contribution in [1.29, 1.82) is 0 Å². The van der Waals surface area contributed by atoms with Crippen molar-refractivity contribution in [2.75, 3.05) is 0 Å². The van der Waals surface area contributed by atoms with Crippen molar-refractivity contribution in [2.24, 2.45) is 0 Å². The highest BCUT2D eigenvalue weighted by atomic mass is 79.9. The van der Waals surface area contributed by atoms with Gasteiger partial charge in [0.25, 0.3) is 0 Å². The van der Waals surface area contributed by atoms with Gasteiger partial charge in [0, 0.05) is 15.3 Å². The Labute approximate surface area is 128 Å². The second kappa shape index (κ2) is 4.97. The Balaban J connectivity index is 2.17. The van der Waals surface area contributed by atoms with E-state index in [4.69, 9.17) is 0 Å². The van der Waals surface area contributed by atoms with Crippen molar-refractivity contribution >= 4 is 65.9 Å². The molecule has 5 heteroatoms. The molecule has 3 heterocycles. The lowest BCUT2D eigenvalue weighted by atomic mass is 10.2. The van der Waals surface area contributed by atoms with Crippen LogP contribution in [0.2, 0.25) is 0 Å². The normalized spacial score (nSPS) is 10.9. The predicted octanol–water partition coefficient (Wildman–Crippen LogP) is 6.73. The molecule has 0 amide bonds. The Morgan fingerprint density at radius 3 is 2.41 bits per heavy atom. The summed E-state index contributed by atoms with van der Waals surface area (Å²) in [5.41, 5.74) is 1.32. The zero-order chi connectivity index (χ0) is 11.8. The molecule has 0 bridgehead atoms. The second-order valence-electron chi connectivity index (χ2n) is 3.37. The van der Waals surface area contributed by atoms with Crippen LogP contribution in [-0.2, 0) is 0 Å². The van der Waals surface area contributed by atoms with Crippen LogP contribution >= 0.6 is 65.9 Å². The fourth-order valence-electron chi connectivity index (χ4n) is 1.59. The van der Waals surface area contributed by atoms with E-state index in [1.807, 2.05) is 0 Å². The van der Waals surface area contributed by atoms with E-state index in [9.17, 15) is 0 Å². The third-order valence-corrected chi connectivity index (χ3v) is 6.63. The number of thiophene rings is 3. The van der Waals surface area contributed by atoms with Gasteiger partial charge in [0.1, 0.15) is 0 Å². The predicted molar refractivity (Wildman–Crippen MR) is 86.3 cm³/mol. The van der Waals surface area contributed by atoms with E-state index in [2.05, 4.69) is 67.6 Å². The van der Waals surface area contributed by atoms with Gasteiger partial charge in [0.15, 0.2) is 0 Å². The monoisotopic (exact) mass is 404 g/mol. The van der Waals surface area contributed by atoms with Crippen LogP contribution in [-0.4, -0.2) is 0 Å². The number of hydrogen-bond acceptors (Lipinski definition) is 3. The topological polar surface area (TPSA) is 0 Å². The second-order valence-corrected chi connectivity index (χ2v) is 9.22. The molecule has 0 nitrogen and oxygen atoms in total. The van der Waals surface area contributed by atoms with E-state index >= 15 is 0 Å². The number of rotatable bonds is 2. The molecule has 0 spiro atoms. The minimum atomic E-state index is 1.17. The Morgan fingerprint density at radius 2 is 1.76 bits per heavy atom. The standard InChI is InChI=1S/C12H6Br2S3/c13-10-4-3-8(16-10)7-6-11(14)17-12(7)9-2-1-5-15-9/h1-6H. The summed E-state index contributed by atoms with van der Waals surface area (Å²) in [5.74, 6) is 0. The fraction of sp³-hybridized carbons (Fsp3) is 0. The van der Waals surface area contributed by atoms with Crippen LogP contribution in [0.1, 0.15) is 0 Å². The van der Waals surface area contributed by atoms with E-state index in [1.54, 1.807) is 34.0 Å². The molecule has 17 heavy (non-hydrogen) atoms. The van der Waals surface area contributed by atoms with E-state index in [-0.39, 0.29) is 0 Å². The SMILES string of the molecule is Brc1ccc(-c2cc(Br)sc2-c2cccs2)s1. The molecule has 0 saturated heterocycles. The summed E-state index contributed by atoms with van der Waals surface area (Å²) >= 11 is 12.5. The van der Waals surface area contributed by atoms with Gasteiger partial charge in [-0.25, -0.2) is 0 Å². The first-order valence-corrected chi connectivity index (χ1v) is 8.93. The molecule has 3 aromatic rings. The third-order valence-electron chi connectivity index (χ3n) is 2.29. The van der Waals surface area contributed by atoms with Crippen LogP contribution < -0.4 is 0 Å². The summed E-state index contributed by atoms with van der Waals surface area (Å²) < 4.78 is 2.35. The molecular weight excluding hydrogens is 400 g/mol. The highest BCUT2D eigenvalue weighted by molar-refractivity contribution is 9.11. The van der Waals surface area contributed by atoms with E-state index < -0.39 is 0 Å². The molecular formula is C12H6Br2S3. The van der Waals surface area contributed by atoms with Crippen molar-refractivity contribution in [3.63, 3.8) is 0 Å². The molecule has 0 fully saturated rings. The molecule has 0 saturated carbocycles. The lowest BCUT2D eigenvalue weighted by Gasteiger charge is -1.97. The third kappa shape index (κ3) is 2.44.